The van der Waals surface area contributed by atoms with Gasteiger partial charge in [0.2, 0.25) is 5.91 Å². The summed E-state index contributed by atoms with van der Waals surface area (Å²) in [6.45, 7) is 7.76. The second-order valence-electron chi connectivity index (χ2n) is 4.67. The number of carbonyl (C=O) groups is 1. The van der Waals surface area contributed by atoms with E-state index in [0.717, 1.165) is 0 Å². The molecule has 16 heavy (non-hydrogen) atoms. The predicted octanol–water partition coefficient (Wildman–Crippen LogP) is 2.32. The minimum absolute atomic E-state index is 0.0858. The molecule has 2 rings (SSSR count). The number of hydrogen-bond acceptors (Lipinski definition) is 3. The van der Waals surface area contributed by atoms with Crippen LogP contribution in [0.1, 0.15) is 20.3 Å². The number of allylic oxidation sites excluding steroid dienone is 1. The smallest absolute Gasteiger partial charge is 0.244 e. The number of alkyl halides is 1. The number of β-lactam (4-membered cyclic amide) rings is 1. The van der Waals surface area contributed by atoms with Crippen LogP contribution in [0, 0.1) is 11.3 Å². The molecule has 2 heterocycles. The van der Waals surface area contributed by atoms with Gasteiger partial charge in [-0.05, 0) is 20.3 Å². The van der Waals surface area contributed by atoms with Crippen LogP contribution in [0.25, 0.3) is 0 Å². The molecule has 0 spiro atoms. The lowest BCUT2D eigenvalue weighted by Crippen LogP contribution is -2.69. The fourth-order valence-electron chi connectivity index (χ4n) is 2.29. The number of carbonyl (C=O) groups excluding carboxylic acids is 1. The minimum Gasteiger partial charge on any atom is -0.310 e. The normalized spacial score (nSPS) is 39.9. The van der Waals surface area contributed by atoms with Gasteiger partial charge in [0.25, 0.3) is 0 Å². The Hall–Kier alpha value is -0.220. The molecule has 0 aromatic carbocycles. The molecule has 0 saturated carbocycles. The fourth-order valence-corrected chi connectivity index (χ4v) is 5.14. The van der Waals surface area contributed by atoms with Crippen molar-refractivity contribution >= 4 is 40.3 Å². The molecule has 3 nitrogen and oxygen atoms in total. The largest absolute Gasteiger partial charge is 0.310 e. The summed E-state index contributed by atoms with van der Waals surface area (Å²) in [4.78, 5) is 13.9. The van der Waals surface area contributed by atoms with E-state index in [1.165, 1.54) is 0 Å². The summed E-state index contributed by atoms with van der Waals surface area (Å²) in [6.07, 6.45) is 2.46. The number of hydrogen-bond donors (Lipinski definition) is 0. The van der Waals surface area contributed by atoms with Crippen LogP contribution in [0.5, 0.6) is 0 Å². The summed E-state index contributed by atoms with van der Waals surface area (Å²) in [6, 6.07) is 1.95. The first-order valence-electron chi connectivity index (χ1n) is 5.08. The van der Waals surface area contributed by atoms with E-state index < -0.39 is 0 Å². The average Bonchev–Trinajstić information content (AvgIpc) is 2.48. The highest BCUT2D eigenvalue weighted by atomic mass is 127. The number of amides is 1. The quantitative estimate of drug-likeness (QED) is 0.333. The molecule has 86 valence electrons. The van der Waals surface area contributed by atoms with Crippen LogP contribution in [0.15, 0.2) is 12.7 Å². The Bertz CT molecular complexity index is 403. The highest BCUT2D eigenvalue weighted by Gasteiger charge is 2.68. The first kappa shape index (κ1) is 12.2. The maximum absolute atomic E-state index is 12.1. The van der Waals surface area contributed by atoms with Crippen molar-refractivity contribution in [1.82, 2.24) is 4.90 Å². The molecule has 0 aliphatic carbocycles. The van der Waals surface area contributed by atoms with Crippen LogP contribution >= 0.6 is 34.4 Å². The Kier molecular flexibility index (Phi) is 2.78. The van der Waals surface area contributed by atoms with Crippen molar-refractivity contribution in [1.29, 1.82) is 5.26 Å². The molecule has 0 aromatic heterocycles. The van der Waals surface area contributed by atoms with E-state index in [4.69, 9.17) is 5.26 Å². The zero-order valence-corrected chi connectivity index (χ0v) is 12.2. The van der Waals surface area contributed by atoms with Gasteiger partial charge in [0.1, 0.15) is 14.8 Å². The summed E-state index contributed by atoms with van der Waals surface area (Å²) in [7, 11) is 0. The second kappa shape index (κ2) is 3.64. The highest BCUT2D eigenvalue weighted by Crippen LogP contribution is 2.58. The van der Waals surface area contributed by atoms with Crippen LogP contribution in [-0.2, 0) is 4.79 Å². The van der Waals surface area contributed by atoms with Gasteiger partial charge >= 0.3 is 0 Å². The summed E-state index contributed by atoms with van der Waals surface area (Å²) >= 11 is 3.95. The Labute approximate surface area is 113 Å². The summed E-state index contributed by atoms with van der Waals surface area (Å²) in [5.41, 5.74) is 0. The summed E-state index contributed by atoms with van der Waals surface area (Å²) < 4.78 is -0.559. The number of nitrogens with zero attached hydrogens (tertiary/aromatic N) is 2. The first-order chi connectivity index (χ1) is 7.38. The van der Waals surface area contributed by atoms with Crippen molar-refractivity contribution in [2.75, 3.05) is 0 Å². The summed E-state index contributed by atoms with van der Waals surface area (Å²) in [5.74, 6) is 0.0858. The topological polar surface area (TPSA) is 44.1 Å². The number of thioether (sulfide) groups is 1. The maximum atomic E-state index is 12.1. The molecule has 0 bridgehead atoms. The lowest BCUT2D eigenvalue weighted by Gasteiger charge is -2.49. The monoisotopic (exact) mass is 348 g/mol. The van der Waals surface area contributed by atoms with Crippen LogP contribution in [0.2, 0.25) is 0 Å². The highest BCUT2D eigenvalue weighted by molar-refractivity contribution is 14.1. The van der Waals surface area contributed by atoms with Gasteiger partial charge in [-0.3, -0.25) is 4.79 Å². The van der Waals surface area contributed by atoms with Crippen LogP contribution in [0.3, 0.4) is 0 Å². The molecule has 2 fully saturated rings. The molecule has 0 N–H and O–H groups in total. The van der Waals surface area contributed by atoms with Gasteiger partial charge in [0, 0.05) is 4.75 Å². The predicted molar refractivity (Wildman–Crippen MR) is 73.3 cm³/mol. The number of fused-ring (bicyclic) bond motifs is 1. The number of nitriles is 1. The van der Waals surface area contributed by atoms with E-state index in [-0.39, 0.29) is 25.5 Å². The van der Waals surface area contributed by atoms with E-state index in [0.29, 0.717) is 6.42 Å². The molecule has 1 unspecified atom stereocenters. The van der Waals surface area contributed by atoms with Crippen molar-refractivity contribution in [2.24, 2.45) is 0 Å². The lowest BCUT2D eigenvalue weighted by molar-refractivity contribution is -0.146. The summed E-state index contributed by atoms with van der Waals surface area (Å²) in [5, 5.41) is 9.29. The zero-order valence-electron chi connectivity index (χ0n) is 9.24. The van der Waals surface area contributed by atoms with Crippen LogP contribution in [-0.4, -0.2) is 30.4 Å². The third-order valence-electron chi connectivity index (χ3n) is 3.15. The van der Waals surface area contributed by atoms with E-state index in [2.05, 4.69) is 35.2 Å². The third-order valence-corrected chi connectivity index (χ3v) is 6.75. The standard InChI is InChI=1S/C11H13IN2OS/c1-4-5-11(12)8(15)14-7(6-13)10(2,3)16-9(11)14/h4,7,9H,1,5H2,2-3H3/t7-,9+,11?/m0/s1. The van der Waals surface area contributed by atoms with Gasteiger partial charge in [-0.1, -0.05) is 28.7 Å². The van der Waals surface area contributed by atoms with E-state index in [9.17, 15) is 4.79 Å². The Morgan fingerprint density at radius 2 is 2.38 bits per heavy atom. The molecule has 5 heteroatoms. The van der Waals surface area contributed by atoms with Gasteiger partial charge in [0.15, 0.2) is 0 Å². The average molecular weight is 348 g/mol. The van der Waals surface area contributed by atoms with E-state index in [1.54, 1.807) is 22.7 Å². The lowest BCUT2D eigenvalue weighted by atomic mass is 9.90. The number of halogens is 1. The second-order valence-corrected chi connectivity index (χ2v) is 8.33. The minimum atomic E-state index is -0.382. The van der Waals surface area contributed by atoms with E-state index in [1.807, 2.05) is 13.8 Å². The zero-order chi connectivity index (χ0) is 12.1. The van der Waals surface area contributed by atoms with Crippen molar-refractivity contribution in [3.8, 4) is 6.07 Å². The maximum Gasteiger partial charge on any atom is 0.244 e. The van der Waals surface area contributed by atoms with Gasteiger partial charge in [0.05, 0.1) is 6.07 Å². The Morgan fingerprint density at radius 1 is 1.75 bits per heavy atom. The molecule has 2 saturated heterocycles. The van der Waals surface area contributed by atoms with Crippen LogP contribution in [0.4, 0.5) is 0 Å². The van der Waals surface area contributed by atoms with Crippen molar-refractivity contribution < 1.29 is 4.79 Å². The SMILES string of the molecule is C=CCC1(I)C(=O)N2[C@@H](C#N)C(C)(C)S[C@@H]21. The first-order valence-corrected chi connectivity index (χ1v) is 7.04. The van der Waals surface area contributed by atoms with Gasteiger partial charge in [-0.2, -0.15) is 5.26 Å². The fraction of sp³-hybridized carbons (Fsp3) is 0.636. The van der Waals surface area contributed by atoms with Crippen molar-refractivity contribution in [3.63, 3.8) is 0 Å². The van der Waals surface area contributed by atoms with Gasteiger partial charge in [-0.15, -0.1) is 18.3 Å². The van der Waals surface area contributed by atoms with Crippen molar-refractivity contribution in [3.05, 3.63) is 12.7 Å². The molecule has 1 amide bonds. The van der Waals surface area contributed by atoms with Gasteiger partial charge < -0.3 is 4.90 Å². The molecule has 0 aromatic rings. The Balaban J connectivity index is 2.32. The molecular weight excluding hydrogens is 335 g/mol. The molecule has 2 aliphatic rings. The van der Waals surface area contributed by atoms with Gasteiger partial charge in [-0.25, -0.2) is 0 Å². The molecular formula is C11H13IN2OS. The molecule has 3 atom stereocenters. The Morgan fingerprint density at radius 3 is 2.88 bits per heavy atom. The third kappa shape index (κ3) is 1.35. The molecule has 2 aliphatic heterocycles. The van der Waals surface area contributed by atoms with Crippen LogP contribution < -0.4 is 0 Å². The molecule has 0 radical (unpaired) electrons. The number of rotatable bonds is 2. The van der Waals surface area contributed by atoms with E-state index >= 15 is 0 Å². The van der Waals surface area contributed by atoms with Crippen molar-refractivity contribution in [2.45, 2.75) is 39.9 Å².